The van der Waals surface area contributed by atoms with Crippen molar-refractivity contribution in [3.8, 4) is 0 Å². The van der Waals surface area contributed by atoms with Crippen LogP contribution in [-0.2, 0) is 9.53 Å². The topological polar surface area (TPSA) is 50.4 Å². The monoisotopic (exact) mass is 224 g/mol. The van der Waals surface area contributed by atoms with Crippen LogP contribution in [0.25, 0.3) is 0 Å². The minimum absolute atomic E-state index is 0.174. The largest absolute Gasteiger partial charge is 0.373 e. The molecule has 4 atom stereocenters. The zero-order valence-corrected chi connectivity index (χ0v) is 9.58. The van der Waals surface area contributed by atoms with Crippen molar-refractivity contribution < 1.29 is 9.53 Å². The Balaban J connectivity index is 1.52. The molecule has 3 fully saturated rings. The highest BCUT2D eigenvalue weighted by Crippen LogP contribution is 2.34. The normalized spacial score (nSPS) is 42.2. The van der Waals surface area contributed by atoms with Crippen molar-refractivity contribution in [2.75, 3.05) is 13.1 Å². The molecule has 0 radical (unpaired) electrons. The maximum absolute atomic E-state index is 12.0. The lowest BCUT2D eigenvalue weighted by Gasteiger charge is -2.26. The molecule has 2 N–H and O–H groups in total. The van der Waals surface area contributed by atoms with Crippen molar-refractivity contribution in [3.05, 3.63) is 0 Å². The Morgan fingerprint density at radius 1 is 1.31 bits per heavy atom. The number of piperidine rings is 1. The van der Waals surface area contributed by atoms with Crippen molar-refractivity contribution >= 4 is 5.91 Å². The van der Waals surface area contributed by atoms with E-state index in [1.807, 2.05) is 0 Å². The molecule has 3 aliphatic heterocycles. The molecule has 3 saturated heterocycles. The number of nitrogens with one attached hydrogen (secondary N) is 2. The molecule has 0 saturated carbocycles. The van der Waals surface area contributed by atoms with Gasteiger partial charge >= 0.3 is 0 Å². The molecule has 0 aromatic rings. The summed E-state index contributed by atoms with van der Waals surface area (Å²) in [5, 5.41) is 6.46. The van der Waals surface area contributed by atoms with Crippen LogP contribution >= 0.6 is 0 Å². The van der Waals surface area contributed by atoms with Crippen molar-refractivity contribution in [2.45, 2.75) is 50.4 Å². The van der Waals surface area contributed by atoms with Gasteiger partial charge < -0.3 is 15.4 Å². The maximum atomic E-state index is 12.0. The third-order valence-electron chi connectivity index (χ3n) is 4.10. The molecule has 16 heavy (non-hydrogen) atoms. The minimum Gasteiger partial charge on any atom is -0.373 e. The number of amides is 1. The summed E-state index contributed by atoms with van der Waals surface area (Å²) in [6.07, 6.45) is 6.19. The lowest BCUT2D eigenvalue weighted by atomic mass is 9.93. The van der Waals surface area contributed by atoms with Crippen LogP contribution in [0.5, 0.6) is 0 Å². The zero-order valence-electron chi connectivity index (χ0n) is 9.58. The van der Waals surface area contributed by atoms with E-state index in [2.05, 4.69) is 10.6 Å². The third-order valence-corrected chi connectivity index (χ3v) is 4.10. The highest BCUT2D eigenvalue weighted by Gasteiger charge is 2.41. The zero-order chi connectivity index (χ0) is 11.0. The summed E-state index contributed by atoms with van der Waals surface area (Å²) < 4.78 is 5.74. The quantitative estimate of drug-likeness (QED) is 0.715. The number of carbonyl (C=O) groups is 1. The molecule has 90 valence electrons. The Labute approximate surface area is 96.1 Å². The predicted molar refractivity (Wildman–Crippen MR) is 60.0 cm³/mol. The summed E-state index contributed by atoms with van der Waals surface area (Å²) in [6.45, 7) is 1.90. The van der Waals surface area contributed by atoms with Crippen LogP contribution in [0.2, 0.25) is 0 Å². The van der Waals surface area contributed by atoms with Crippen LogP contribution in [0, 0.1) is 5.92 Å². The number of ether oxygens (including phenoxy) is 1. The molecule has 0 aromatic heterocycles. The standard InChI is InChI=1S/C12H20N2O2/c15-12(8-2-1-5-13-7-8)14-10-6-9-3-4-11(10)16-9/h8-11,13H,1-7H2,(H,14,15). The van der Waals surface area contributed by atoms with Gasteiger partial charge in [-0.2, -0.15) is 0 Å². The van der Waals surface area contributed by atoms with Gasteiger partial charge in [0.15, 0.2) is 0 Å². The van der Waals surface area contributed by atoms with E-state index in [9.17, 15) is 4.79 Å². The molecule has 3 heterocycles. The van der Waals surface area contributed by atoms with Crippen LogP contribution in [0.15, 0.2) is 0 Å². The summed E-state index contributed by atoms with van der Waals surface area (Å²) in [6, 6.07) is 0.285. The number of hydrogen-bond donors (Lipinski definition) is 2. The SMILES string of the molecule is O=C(NC1CC2CCC1O2)C1CCCNC1. The second kappa shape index (κ2) is 4.34. The van der Waals surface area contributed by atoms with Crippen molar-refractivity contribution in [2.24, 2.45) is 5.92 Å². The van der Waals surface area contributed by atoms with Gasteiger partial charge in [-0.25, -0.2) is 0 Å². The van der Waals surface area contributed by atoms with Gasteiger partial charge in [-0.1, -0.05) is 0 Å². The first kappa shape index (κ1) is 10.5. The van der Waals surface area contributed by atoms with Gasteiger partial charge in [-0.05, 0) is 38.6 Å². The van der Waals surface area contributed by atoms with E-state index in [0.29, 0.717) is 12.2 Å². The number of carbonyl (C=O) groups excluding carboxylic acids is 1. The lowest BCUT2D eigenvalue weighted by Crippen LogP contribution is -2.47. The molecular formula is C12H20N2O2. The van der Waals surface area contributed by atoms with Gasteiger partial charge in [0.05, 0.1) is 24.2 Å². The number of hydrogen-bond acceptors (Lipinski definition) is 3. The fourth-order valence-electron chi connectivity index (χ4n) is 3.17. The van der Waals surface area contributed by atoms with Crippen molar-refractivity contribution in [1.29, 1.82) is 0 Å². The second-order valence-corrected chi connectivity index (χ2v) is 5.27. The molecule has 0 aliphatic carbocycles. The highest BCUT2D eigenvalue weighted by atomic mass is 16.5. The molecule has 2 bridgehead atoms. The Morgan fingerprint density at radius 2 is 2.25 bits per heavy atom. The molecule has 3 rings (SSSR count). The van der Waals surface area contributed by atoms with Crippen LogP contribution in [0.4, 0.5) is 0 Å². The molecule has 4 unspecified atom stereocenters. The molecule has 3 aliphatic rings. The van der Waals surface area contributed by atoms with E-state index in [0.717, 1.165) is 38.8 Å². The second-order valence-electron chi connectivity index (χ2n) is 5.27. The maximum Gasteiger partial charge on any atom is 0.224 e. The van der Waals surface area contributed by atoms with Gasteiger partial charge in [-0.3, -0.25) is 4.79 Å². The van der Waals surface area contributed by atoms with E-state index in [4.69, 9.17) is 4.74 Å². The van der Waals surface area contributed by atoms with Crippen LogP contribution in [0.1, 0.15) is 32.1 Å². The molecule has 0 spiro atoms. The van der Waals surface area contributed by atoms with E-state index in [1.54, 1.807) is 0 Å². The fourth-order valence-corrected chi connectivity index (χ4v) is 3.17. The average molecular weight is 224 g/mol. The first-order valence-corrected chi connectivity index (χ1v) is 6.49. The summed E-state index contributed by atoms with van der Waals surface area (Å²) in [5.41, 5.74) is 0. The van der Waals surface area contributed by atoms with Gasteiger partial charge in [0.25, 0.3) is 0 Å². The molecule has 1 amide bonds. The highest BCUT2D eigenvalue weighted by molar-refractivity contribution is 5.79. The van der Waals surface area contributed by atoms with E-state index >= 15 is 0 Å². The van der Waals surface area contributed by atoms with E-state index in [1.165, 1.54) is 6.42 Å². The Bertz CT molecular complexity index is 276. The summed E-state index contributed by atoms with van der Waals surface area (Å²) >= 11 is 0. The lowest BCUT2D eigenvalue weighted by molar-refractivity contribution is -0.126. The van der Waals surface area contributed by atoms with Gasteiger partial charge in [-0.15, -0.1) is 0 Å². The first-order valence-electron chi connectivity index (χ1n) is 6.49. The van der Waals surface area contributed by atoms with Crippen LogP contribution in [-0.4, -0.2) is 37.2 Å². The fraction of sp³-hybridized carbons (Fsp3) is 0.917. The summed E-state index contributed by atoms with van der Waals surface area (Å²) in [4.78, 5) is 12.0. The minimum atomic E-state index is 0.174. The molecule has 0 aromatic carbocycles. The van der Waals surface area contributed by atoms with Crippen LogP contribution < -0.4 is 10.6 Å². The van der Waals surface area contributed by atoms with E-state index < -0.39 is 0 Å². The van der Waals surface area contributed by atoms with Gasteiger partial charge in [0, 0.05) is 6.54 Å². The average Bonchev–Trinajstić information content (AvgIpc) is 2.92. The Kier molecular flexibility index (Phi) is 2.86. The molecular weight excluding hydrogens is 204 g/mol. The molecule has 4 heteroatoms. The predicted octanol–water partition coefficient (Wildman–Crippen LogP) is 0.422. The Morgan fingerprint density at radius 3 is 2.88 bits per heavy atom. The first-order chi connectivity index (χ1) is 7.83. The summed E-state index contributed by atoms with van der Waals surface area (Å²) in [7, 11) is 0. The van der Waals surface area contributed by atoms with Crippen molar-refractivity contribution in [3.63, 3.8) is 0 Å². The number of rotatable bonds is 2. The van der Waals surface area contributed by atoms with E-state index in [-0.39, 0.29) is 17.9 Å². The van der Waals surface area contributed by atoms with Crippen molar-refractivity contribution in [1.82, 2.24) is 10.6 Å². The van der Waals surface area contributed by atoms with Gasteiger partial charge in [0.2, 0.25) is 5.91 Å². The number of fused-ring (bicyclic) bond motifs is 2. The molecule has 4 nitrogen and oxygen atoms in total. The Hall–Kier alpha value is -0.610. The van der Waals surface area contributed by atoms with Crippen LogP contribution in [0.3, 0.4) is 0 Å². The summed E-state index contributed by atoms with van der Waals surface area (Å²) in [5.74, 6) is 0.404. The smallest absolute Gasteiger partial charge is 0.224 e. The third kappa shape index (κ3) is 1.96. The van der Waals surface area contributed by atoms with Gasteiger partial charge in [0.1, 0.15) is 0 Å².